The molecule has 1 atom stereocenters. The van der Waals surface area contributed by atoms with E-state index < -0.39 is 5.60 Å². The lowest BCUT2D eigenvalue weighted by atomic mass is 9.91. The SMILES string of the molecule is CC1(NC(=O)OC(C)(C)C)CCCN(Cc2ccccc2)C1. The van der Waals surface area contributed by atoms with Crippen LogP contribution < -0.4 is 5.32 Å². The van der Waals surface area contributed by atoms with Crippen LogP contribution in [0.2, 0.25) is 0 Å². The Hall–Kier alpha value is -1.55. The van der Waals surface area contributed by atoms with Crippen LogP contribution in [0, 0.1) is 0 Å². The van der Waals surface area contributed by atoms with Crippen molar-refractivity contribution in [3.8, 4) is 0 Å². The molecular weight excluding hydrogens is 276 g/mol. The molecule has 0 radical (unpaired) electrons. The Kier molecular flexibility index (Phi) is 5.12. The average molecular weight is 304 g/mol. The fourth-order valence-electron chi connectivity index (χ4n) is 2.97. The summed E-state index contributed by atoms with van der Waals surface area (Å²) in [7, 11) is 0. The summed E-state index contributed by atoms with van der Waals surface area (Å²) in [5.74, 6) is 0. The van der Waals surface area contributed by atoms with E-state index in [0.717, 1.165) is 32.5 Å². The highest BCUT2D eigenvalue weighted by Gasteiger charge is 2.33. The topological polar surface area (TPSA) is 41.6 Å². The van der Waals surface area contributed by atoms with E-state index in [1.165, 1.54) is 5.56 Å². The summed E-state index contributed by atoms with van der Waals surface area (Å²) >= 11 is 0. The van der Waals surface area contributed by atoms with Gasteiger partial charge in [0.25, 0.3) is 0 Å². The van der Waals surface area contributed by atoms with Crippen LogP contribution >= 0.6 is 0 Å². The summed E-state index contributed by atoms with van der Waals surface area (Å²) in [4.78, 5) is 14.4. The van der Waals surface area contributed by atoms with Crippen LogP contribution in [0.25, 0.3) is 0 Å². The fraction of sp³-hybridized carbons (Fsp3) is 0.611. The van der Waals surface area contributed by atoms with Crippen molar-refractivity contribution in [2.75, 3.05) is 13.1 Å². The first-order valence-corrected chi connectivity index (χ1v) is 8.03. The Labute approximate surface area is 133 Å². The molecule has 0 spiro atoms. The van der Waals surface area contributed by atoms with Crippen molar-refractivity contribution in [2.45, 2.75) is 58.2 Å². The molecule has 0 bridgehead atoms. The fourth-order valence-corrected chi connectivity index (χ4v) is 2.97. The molecule has 1 N–H and O–H groups in total. The molecule has 1 unspecified atom stereocenters. The number of rotatable bonds is 3. The minimum absolute atomic E-state index is 0.227. The predicted molar refractivity (Wildman–Crippen MR) is 88.7 cm³/mol. The van der Waals surface area contributed by atoms with Gasteiger partial charge in [-0.15, -0.1) is 0 Å². The van der Waals surface area contributed by atoms with Gasteiger partial charge in [-0.1, -0.05) is 30.3 Å². The van der Waals surface area contributed by atoms with Crippen LogP contribution in [0.15, 0.2) is 30.3 Å². The third-order valence-corrected chi connectivity index (χ3v) is 3.83. The second-order valence-electron chi connectivity index (χ2n) is 7.49. The maximum Gasteiger partial charge on any atom is 0.408 e. The van der Waals surface area contributed by atoms with E-state index in [9.17, 15) is 4.79 Å². The summed E-state index contributed by atoms with van der Waals surface area (Å²) in [6.07, 6.45) is 1.74. The Morgan fingerprint density at radius 2 is 2.00 bits per heavy atom. The Morgan fingerprint density at radius 1 is 1.32 bits per heavy atom. The van der Waals surface area contributed by atoms with Crippen molar-refractivity contribution in [3.63, 3.8) is 0 Å². The zero-order valence-electron chi connectivity index (χ0n) is 14.2. The molecule has 1 aliphatic rings. The van der Waals surface area contributed by atoms with Gasteiger partial charge in [0, 0.05) is 13.1 Å². The number of nitrogens with one attached hydrogen (secondary N) is 1. The molecule has 4 nitrogen and oxygen atoms in total. The lowest BCUT2D eigenvalue weighted by molar-refractivity contribution is 0.0383. The maximum absolute atomic E-state index is 12.0. The summed E-state index contributed by atoms with van der Waals surface area (Å²) in [5.41, 5.74) is 0.623. The van der Waals surface area contributed by atoms with Crippen molar-refractivity contribution >= 4 is 6.09 Å². The molecule has 4 heteroatoms. The first-order chi connectivity index (χ1) is 10.3. The lowest BCUT2D eigenvalue weighted by Crippen LogP contribution is -2.57. The van der Waals surface area contributed by atoms with Gasteiger partial charge < -0.3 is 10.1 Å². The second kappa shape index (κ2) is 6.69. The van der Waals surface area contributed by atoms with Crippen molar-refractivity contribution in [1.29, 1.82) is 0 Å². The third-order valence-electron chi connectivity index (χ3n) is 3.83. The van der Waals surface area contributed by atoms with Crippen LogP contribution in [0.4, 0.5) is 4.79 Å². The number of carbonyl (C=O) groups excluding carboxylic acids is 1. The number of carbonyl (C=O) groups is 1. The van der Waals surface area contributed by atoms with Gasteiger partial charge in [0.1, 0.15) is 5.60 Å². The second-order valence-corrected chi connectivity index (χ2v) is 7.49. The summed E-state index contributed by atoms with van der Waals surface area (Å²) < 4.78 is 5.39. The first-order valence-electron chi connectivity index (χ1n) is 8.03. The van der Waals surface area contributed by atoms with Gasteiger partial charge >= 0.3 is 6.09 Å². The van der Waals surface area contributed by atoms with Gasteiger partial charge in [-0.2, -0.15) is 0 Å². The number of hydrogen-bond acceptors (Lipinski definition) is 3. The van der Waals surface area contributed by atoms with E-state index in [-0.39, 0.29) is 11.6 Å². The van der Waals surface area contributed by atoms with E-state index in [4.69, 9.17) is 4.74 Å². The highest BCUT2D eigenvalue weighted by atomic mass is 16.6. The molecular formula is C18H28N2O2. The zero-order chi connectivity index (χ0) is 16.2. The van der Waals surface area contributed by atoms with Gasteiger partial charge in [0.05, 0.1) is 5.54 Å². The van der Waals surface area contributed by atoms with Crippen LogP contribution in [0.3, 0.4) is 0 Å². The van der Waals surface area contributed by atoms with Gasteiger partial charge in [-0.25, -0.2) is 4.79 Å². The highest BCUT2D eigenvalue weighted by molar-refractivity contribution is 5.68. The Morgan fingerprint density at radius 3 is 2.64 bits per heavy atom. The van der Waals surface area contributed by atoms with Crippen molar-refractivity contribution in [2.24, 2.45) is 0 Å². The van der Waals surface area contributed by atoms with Crippen molar-refractivity contribution in [3.05, 3.63) is 35.9 Å². The molecule has 1 aliphatic heterocycles. The first kappa shape index (κ1) is 16.8. The minimum Gasteiger partial charge on any atom is -0.444 e. The number of hydrogen-bond donors (Lipinski definition) is 1. The van der Waals surface area contributed by atoms with Gasteiger partial charge in [0.2, 0.25) is 0 Å². The molecule has 1 aromatic rings. The molecule has 122 valence electrons. The number of benzene rings is 1. The molecule has 1 heterocycles. The molecule has 2 rings (SSSR count). The van der Waals surface area contributed by atoms with Crippen molar-refractivity contribution in [1.82, 2.24) is 10.2 Å². The molecule has 0 aliphatic carbocycles. The average Bonchev–Trinajstić information content (AvgIpc) is 2.36. The van der Waals surface area contributed by atoms with E-state index in [2.05, 4.69) is 41.4 Å². The predicted octanol–water partition coefficient (Wildman–Crippen LogP) is 3.57. The van der Waals surface area contributed by atoms with Crippen LogP contribution in [-0.4, -0.2) is 35.2 Å². The minimum atomic E-state index is -0.459. The van der Waals surface area contributed by atoms with Crippen LogP contribution in [0.5, 0.6) is 0 Å². The van der Waals surface area contributed by atoms with E-state index in [1.807, 2.05) is 26.8 Å². The van der Waals surface area contributed by atoms with Crippen LogP contribution in [-0.2, 0) is 11.3 Å². The molecule has 1 amide bonds. The van der Waals surface area contributed by atoms with Crippen molar-refractivity contribution < 1.29 is 9.53 Å². The van der Waals surface area contributed by atoms with E-state index in [0.29, 0.717) is 0 Å². The Balaban J connectivity index is 1.92. The van der Waals surface area contributed by atoms with Gasteiger partial charge in [-0.05, 0) is 52.6 Å². The molecule has 1 aromatic carbocycles. The maximum atomic E-state index is 12.0. The van der Waals surface area contributed by atoms with Gasteiger partial charge in [0.15, 0.2) is 0 Å². The number of piperidine rings is 1. The normalized spacial score (nSPS) is 23.1. The monoisotopic (exact) mass is 304 g/mol. The standard InChI is InChI=1S/C18H28N2O2/c1-17(2,3)22-16(21)19-18(4)11-8-12-20(14-18)13-15-9-6-5-7-10-15/h5-7,9-10H,8,11-14H2,1-4H3,(H,19,21). The molecule has 22 heavy (non-hydrogen) atoms. The molecule has 1 saturated heterocycles. The summed E-state index contributed by atoms with van der Waals surface area (Å²) in [6, 6.07) is 10.5. The van der Waals surface area contributed by atoms with E-state index in [1.54, 1.807) is 0 Å². The number of ether oxygens (including phenoxy) is 1. The third kappa shape index (κ3) is 5.34. The summed E-state index contributed by atoms with van der Waals surface area (Å²) in [5, 5.41) is 3.06. The molecule has 0 saturated carbocycles. The highest BCUT2D eigenvalue weighted by Crippen LogP contribution is 2.23. The zero-order valence-corrected chi connectivity index (χ0v) is 14.2. The Bertz CT molecular complexity index is 496. The smallest absolute Gasteiger partial charge is 0.408 e. The molecule has 1 fully saturated rings. The number of nitrogens with zero attached hydrogens (tertiary/aromatic N) is 1. The summed E-state index contributed by atoms with van der Waals surface area (Å²) in [6.45, 7) is 10.6. The quantitative estimate of drug-likeness (QED) is 0.928. The number of likely N-dealkylation sites (tertiary alicyclic amines) is 1. The molecule has 0 aromatic heterocycles. The number of alkyl carbamates (subject to hydrolysis) is 1. The number of amides is 1. The van der Waals surface area contributed by atoms with Crippen LogP contribution in [0.1, 0.15) is 46.1 Å². The lowest BCUT2D eigenvalue weighted by Gasteiger charge is -2.41. The largest absolute Gasteiger partial charge is 0.444 e. The van der Waals surface area contributed by atoms with E-state index >= 15 is 0 Å². The van der Waals surface area contributed by atoms with Gasteiger partial charge in [-0.3, -0.25) is 4.90 Å².